The number of benzene rings is 1. The predicted octanol–water partition coefficient (Wildman–Crippen LogP) is 0.0703. The molecular weight excluding hydrogens is 201 g/mol. The summed E-state index contributed by atoms with van der Waals surface area (Å²) in [4.78, 5) is 21.0. The predicted molar refractivity (Wildman–Crippen MR) is 49.2 cm³/mol. The van der Waals surface area contributed by atoms with Crippen molar-refractivity contribution >= 4 is 17.6 Å². The summed E-state index contributed by atoms with van der Waals surface area (Å²) in [5.41, 5.74) is 0.253. The smallest absolute Gasteiger partial charge is 0.248 e. The van der Waals surface area contributed by atoms with Crippen molar-refractivity contribution in [3.05, 3.63) is 42.2 Å². The van der Waals surface area contributed by atoms with Gasteiger partial charge in [-0.2, -0.15) is 0 Å². The van der Waals surface area contributed by atoms with Crippen molar-refractivity contribution < 1.29 is 19.1 Å². The summed E-state index contributed by atoms with van der Waals surface area (Å²) in [7, 11) is 0. The first-order valence-electron chi connectivity index (χ1n) is 4.03. The minimum absolute atomic E-state index is 0.253. The summed E-state index contributed by atoms with van der Waals surface area (Å²) in [6, 6.07) is 5.25. The van der Waals surface area contributed by atoms with Gasteiger partial charge in [-0.15, -0.1) is 0 Å². The van der Waals surface area contributed by atoms with E-state index in [0.29, 0.717) is 6.08 Å². The van der Waals surface area contributed by atoms with Gasteiger partial charge in [-0.25, -0.2) is 4.39 Å². The lowest BCUT2D eigenvalue weighted by atomic mass is 10.3. The maximum atomic E-state index is 12.7. The Balaban J connectivity index is 2.63. The van der Waals surface area contributed by atoms with E-state index in [1.54, 1.807) is 0 Å². The van der Waals surface area contributed by atoms with Crippen LogP contribution in [0.3, 0.4) is 0 Å². The molecule has 0 saturated carbocycles. The molecule has 1 N–H and O–H groups in total. The highest BCUT2D eigenvalue weighted by Gasteiger charge is 1.98. The highest BCUT2D eigenvalue weighted by molar-refractivity contribution is 6.01. The first-order valence-corrected chi connectivity index (χ1v) is 4.03. The minimum atomic E-state index is -1.47. The zero-order chi connectivity index (χ0) is 11.3. The zero-order valence-corrected chi connectivity index (χ0v) is 7.57. The van der Waals surface area contributed by atoms with Gasteiger partial charge in [-0.1, -0.05) is 6.07 Å². The number of carboxylic acid groups (broad SMARTS) is 1. The van der Waals surface area contributed by atoms with Crippen LogP contribution in [-0.2, 0) is 9.59 Å². The van der Waals surface area contributed by atoms with Crippen LogP contribution in [0.25, 0.3) is 0 Å². The Labute approximate surface area is 85.0 Å². The molecule has 0 aliphatic carbocycles. The quantitative estimate of drug-likeness (QED) is 0.714. The summed E-state index contributed by atoms with van der Waals surface area (Å²) in [6.07, 6.45) is 1.38. The average molecular weight is 208 g/mol. The van der Waals surface area contributed by atoms with Crippen LogP contribution < -0.4 is 10.4 Å². The Kier molecular flexibility index (Phi) is 3.56. The van der Waals surface area contributed by atoms with Crippen LogP contribution in [0.15, 0.2) is 36.4 Å². The van der Waals surface area contributed by atoms with Crippen LogP contribution in [0.4, 0.5) is 10.1 Å². The van der Waals surface area contributed by atoms with Gasteiger partial charge in [0.1, 0.15) is 5.82 Å². The lowest BCUT2D eigenvalue weighted by Gasteiger charge is -2.01. The van der Waals surface area contributed by atoms with E-state index in [1.807, 2.05) is 0 Å². The zero-order valence-electron chi connectivity index (χ0n) is 7.57. The number of halogens is 1. The van der Waals surface area contributed by atoms with Crippen molar-refractivity contribution in [3.63, 3.8) is 0 Å². The highest BCUT2D eigenvalue weighted by atomic mass is 19.1. The largest absolute Gasteiger partial charge is 0.545 e. The molecule has 0 aliphatic rings. The lowest BCUT2D eigenvalue weighted by Crippen LogP contribution is -2.20. The number of anilines is 1. The van der Waals surface area contributed by atoms with Crippen LogP contribution in [0.5, 0.6) is 0 Å². The van der Waals surface area contributed by atoms with E-state index in [9.17, 15) is 19.1 Å². The third-order valence-electron chi connectivity index (χ3n) is 1.46. The molecule has 1 aromatic rings. The van der Waals surface area contributed by atoms with Gasteiger partial charge >= 0.3 is 0 Å². The van der Waals surface area contributed by atoms with E-state index in [-0.39, 0.29) is 5.69 Å². The first kappa shape index (κ1) is 10.9. The topological polar surface area (TPSA) is 69.2 Å². The molecule has 4 nitrogen and oxygen atoms in total. The molecule has 0 bridgehead atoms. The number of carbonyl (C=O) groups excluding carboxylic acids is 2. The molecule has 5 heteroatoms. The fourth-order valence-corrected chi connectivity index (χ4v) is 0.894. The lowest BCUT2D eigenvalue weighted by molar-refractivity contribution is -0.297. The molecule has 0 aliphatic heterocycles. The number of aliphatic carboxylic acids is 1. The fourth-order valence-electron chi connectivity index (χ4n) is 0.894. The van der Waals surface area contributed by atoms with Gasteiger partial charge in [0, 0.05) is 11.8 Å². The van der Waals surface area contributed by atoms with Crippen LogP contribution >= 0.6 is 0 Å². The van der Waals surface area contributed by atoms with Gasteiger partial charge in [0.05, 0.1) is 5.97 Å². The van der Waals surface area contributed by atoms with Crippen molar-refractivity contribution in [1.82, 2.24) is 0 Å². The molecule has 0 fully saturated rings. The summed E-state index contributed by atoms with van der Waals surface area (Å²) in [5.74, 6) is -2.62. The Morgan fingerprint density at radius 1 is 1.33 bits per heavy atom. The van der Waals surface area contributed by atoms with Crippen molar-refractivity contribution in [1.29, 1.82) is 0 Å². The number of amides is 1. The van der Waals surface area contributed by atoms with E-state index < -0.39 is 17.7 Å². The maximum Gasteiger partial charge on any atom is 0.248 e. The van der Waals surface area contributed by atoms with Crippen LogP contribution in [0, 0.1) is 5.82 Å². The molecule has 0 heterocycles. The van der Waals surface area contributed by atoms with E-state index in [4.69, 9.17) is 0 Å². The molecule has 1 aromatic carbocycles. The summed E-state index contributed by atoms with van der Waals surface area (Å²) in [6.45, 7) is 0. The second kappa shape index (κ2) is 4.90. The third-order valence-corrected chi connectivity index (χ3v) is 1.46. The molecule has 1 amide bonds. The average Bonchev–Trinajstić information content (AvgIpc) is 2.15. The summed E-state index contributed by atoms with van der Waals surface area (Å²) < 4.78 is 12.7. The monoisotopic (exact) mass is 208 g/mol. The van der Waals surface area contributed by atoms with Crippen LogP contribution in [0.2, 0.25) is 0 Å². The Morgan fingerprint density at radius 3 is 2.67 bits per heavy atom. The van der Waals surface area contributed by atoms with E-state index >= 15 is 0 Å². The normalized spacial score (nSPS) is 10.2. The summed E-state index contributed by atoms with van der Waals surface area (Å²) >= 11 is 0. The van der Waals surface area contributed by atoms with Gasteiger partial charge in [0.15, 0.2) is 0 Å². The standard InChI is InChI=1S/C10H8FNO3/c11-7-2-1-3-8(6-7)12-9(13)4-5-10(14)15/h1-6H,(H,12,13)(H,14,15)/p-1/b5-4+. The highest BCUT2D eigenvalue weighted by Crippen LogP contribution is 2.08. The third kappa shape index (κ3) is 4.04. The molecule has 78 valence electrons. The fraction of sp³-hybridized carbons (Fsp3) is 0. The molecule has 0 unspecified atom stereocenters. The second-order valence-corrected chi connectivity index (χ2v) is 2.65. The second-order valence-electron chi connectivity index (χ2n) is 2.65. The summed E-state index contributed by atoms with van der Waals surface area (Å²) in [5, 5.41) is 12.3. The maximum absolute atomic E-state index is 12.7. The Hall–Kier alpha value is -2.17. The molecule has 0 spiro atoms. The van der Waals surface area contributed by atoms with Crippen LogP contribution in [0.1, 0.15) is 0 Å². The van der Waals surface area contributed by atoms with Gasteiger partial charge in [0.2, 0.25) is 5.91 Å². The van der Waals surface area contributed by atoms with Gasteiger partial charge in [0.25, 0.3) is 0 Å². The molecule has 0 atom stereocenters. The number of carboxylic acids is 1. The number of rotatable bonds is 3. The number of hydrogen-bond acceptors (Lipinski definition) is 3. The van der Waals surface area contributed by atoms with E-state index in [2.05, 4.69) is 5.32 Å². The van der Waals surface area contributed by atoms with Crippen molar-refractivity contribution in [2.24, 2.45) is 0 Å². The van der Waals surface area contributed by atoms with Gasteiger partial charge < -0.3 is 15.2 Å². The van der Waals surface area contributed by atoms with Crippen molar-refractivity contribution in [3.8, 4) is 0 Å². The van der Waals surface area contributed by atoms with E-state index in [1.165, 1.54) is 18.2 Å². The van der Waals surface area contributed by atoms with Crippen molar-refractivity contribution in [2.75, 3.05) is 5.32 Å². The molecule has 0 saturated heterocycles. The Morgan fingerprint density at radius 2 is 2.07 bits per heavy atom. The molecule has 15 heavy (non-hydrogen) atoms. The van der Waals surface area contributed by atoms with Gasteiger partial charge in [-0.05, 0) is 24.3 Å². The van der Waals surface area contributed by atoms with Gasteiger partial charge in [-0.3, -0.25) is 4.79 Å². The van der Waals surface area contributed by atoms with Crippen molar-refractivity contribution in [2.45, 2.75) is 0 Å². The SMILES string of the molecule is O=C([O-])/C=C/C(=O)Nc1cccc(F)c1. The minimum Gasteiger partial charge on any atom is -0.545 e. The Bertz CT molecular complexity index is 415. The first-order chi connectivity index (χ1) is 7.08. The number of nitrogens with one attached hydrogen (secondary N) is 1. The molecule has 0 radical (unpaired) electrons. The molecule has 0 aromatic heterocycles. The van der Waals surface area contributed by atoms with Crippen LogP contribution in [-0.4, -0.2) is 11.9 Å². The number of carbonyl (C=O) groups is 2. The molecule has 1 rings (SSSR count). The molecular formula is C10H7FNO3-. The van der Waals surface area contributed by atoms with E-state index in [0.717, 1.165) is 12.1 Å². The number of hydrogen-bond donors (Lipinski definition) is 1.